The van der Waals surface area contributed by atoms with Crippen molar-refractivity contribution in [2.24, 2.45) is 4.99 Å². The number of methoxy groups -OCH3 is 1. The Kier molecular flexibility index (Phi) is 5.20. The van der Waals surface area contributed by atoms with Crippen LogP contribution in [0.25, 0.3) is 10.2 Å². The van der Waals surface area contributed by atoms with Crippen LogP contribution in [0.2, 0.25) is 4.34 Å². The molecule has 4 nitrogen and oxygen atoms in total. The monoisotopic (exact) mass is 380 g/mol. The number of ether oxygens (including phenoxy) is 1. The van der Waals surface area contributed by atoms with Crippen LogP contribution in [-0.2, 0) is 11.3 Å². The standard InChI is InChI=1S/C17H17ClN2O2S2/c1-10-8-11(2)15-12(9-10)20(6-7-22-3)17(24-15)19-16(21)13-4-5-14(18)23-13/h4-5,8-9H,6-7H2,1-3H3. The molecule has 0 N–H and O–H groups in total. The number of rotatable bonds is 4. The zero-order valence-electron chi connectivity index (χ0n) is 13.6. The maximum absolute atomic E-state index is 12.4. The maximum atomic E-state index is 12.4. The van der Waals surface area contributed by atoms with Crippen molar-refractivity contribution in [1.82, 2.24) is 4.57 Å². The van der Waals surface area contributed by atoms with E-state index in [1.54, 1.807) is 19.2 Å². The molecule has 0 radical (unpaired) electrons. The largest absolute Gasteiger partial charge is 0.383 e. The van der Waals surface area contributed by atoms with Crippen LogP contribution in [0.5, 0.6) is 0 Å². The average molecular weight is 381 g/mol. The number of fused-ring (bicyclic) bond motifs is 1. The number of aryl methyl sites for hydroxylation is 2. The lowest BCUT2D eigenvalue weighted by molar-refractivity contribution is 0.100. The molecule has 2 aromatic heterocycles. The Labute approximate surface area is 153 Å². The molecular weight excluding hydrogens is 364 g/mol. The Morgan fingerprint density at radius 2 is 2.08 bits per heavy atom. The minimum Gasteiger partial charge on any atom is -0.383 e. The van der Waals surface area contributed by atoms with E-state index in [1.165, 1.54) is 33.8 Å². The van der Waals surface area contributed by atoms with Gasteiger partial charge in [0.25, 0.3) is 5.91 Å². The number of carbonyl (C=O) groups excluding carboxylic acids is 1. The zero-order chi connectivity index (χ0) is 17.3. The molecule has 0 fully saturated rings. The smallest absolute Gasteiger partial charge is 0.289 e. The molecule has 0 saturated carbocycles. The van der Waals surface area contributed by atoms with Crippen molar-refractivity contribution < 1.29 is 9.53 Å². The highest BCUT2D eigenvalue weighted by atomic mass is 35.5. The highest BCUT2D eigenvalue weighted by Gasteiger charge is 2.12. The average Bonchev–Trinajstić information content (AvgIpc) is 3.10. The lowest BCUT2D eigenvalue weighted by Gasteiger charge is -2.05. The SMILES string of the molecule is COCCn1c(=NC(=O)c2ccc(Cl)s2)sc2c(C)cc(C)cc21. The molecule has 0 saturated heterocycles. The summed E-state index contributed by atoms with van der Waals surface area (Å²) < 4.78 is 9.00. The number of halogens is 1. The number of thiophene rings is 1. The summed E-state index contributed by atoms with van der Waals surface area (Å²) in [4.78, 5) is 18.0. The van der Waals surface area contributed by atoms with E-state index < -0.39 is 0 Å². The van der Waals surface area contributed by atoms with Crippen LogP contribution in [-0.4, -0.2) is 24.2 Å². The first-order valence-electron chi connectivity index (χ1n) is 7.43. The Hall–Kier alpha value is -1.47. The second kappa shape index (κ2) is 7.19. The number of aromatic nitrogens is 1. The van der Waals surface area contributed by atoms with Gasteiger partial charge in [0.05, 0.1) is 26.0 Å². The first kappa shape index (κ1) is 17.4. The van der Waals surface area contributed by atoms with Crippen molar-refractivity contribution in [3.63, 3.8) is 0 Å². The molecule has 0 spiro atoms. The van der Waals surface area contributed by atoms with E-state index in [-0.39, 0.29) is 5.91 Å². The fraction of sp³-hybridized carbons (Fsp3) is 0.294. The van der Waals surface area contributed by atoms with Gasteiger partial charge in [0.1, 0.15) is 0 Å². The number of hydrogen-bond donors (Lipinski definition) is 0. The predicted molar refractivity (Wildman–Crippen MR) is 100 cm³/mol. The lowest BCUT2D eigenvalue weighted by Crippen LogP contribution is -2.19. The van der Waals surface area contributed by atoms with E-state index in [9.17, 15) is 4.79 Å². The summed E-state index contributed by atoms with van der Waals surface area (Å²) in [5.74, 6) is -0.265. The van der Waals surface area contributed by atoms with E-state index in [2.05, 4.69) is 35.5 Å². The summed E-state index contributed by atoms with van der Waals surface area (Å²) >= 11 is 8.69. The first-order chi connectivity index (χ1) is 11.5. The molecule has 3 aromatic rings. The molecule has 0 atom stereocenters. The van der Waals surface area contributed by atoms with E-state index in [1.807, 2.05) is 0 Å². The molecule has 1 aromatic carbocycles. The van der Waals surface area contributed by atoms with Gasteiger partial charge in [-0.15, -0.1) is 11.3 Å². The topological polar surface area (TPSA) is 43.6 Å². The molecule has 24 heavy (non-hydrogen) atoms. The zero-order valence-corrected chi connectivity index (χ0v) is 16.0. The van der Waals surface area contributed by atoms with Crippen molar-refractivity contribution in [1.29, 1.82) is 0 Å². The molecular formula is C17H17ClN2O2S2. The van der Waals surface area contributed by atoms with Gasteiger partial charge in [0, 0.05) is 13.7 Å². The number of thiazole rings is 1. The third kappa shape index (κ3) is 3.47. The minimum absolute atomic E-state index is 0.265. The summed E-state index contributed by atoms with van der Waals surface area (Å²) in [6.07, 6.45) is 0. The highest BCUT2D eigenvalue weighted by Crippen LogP contribution is 2.24. The van der Waals surface area contributed by atoms with Gasteiger partial charge in [0.15, 0.2) is 4.80 Å². The van der Waals surface area contributed by atoms with Gasteiger partial charge in [-0.25, -0.2) is 0 Å². The van der Waals surface area contributed by atoms with Crippen molar-refractivity contribution in [2.45, 2.75) is 20.4 Å². The van der Waals surface area contributed by atoms with Crippen molar-refractivity contribution in [3.8, 4) is 0 Å². The predicted octanol–water partition coefficient (Wildman–Crippen LogP) is 4.42. The molecule has 2 heterocycles. The van der Waals surface area contributed by atoms with Crippen molar-refractivity contribution >= 4 is 50.4 Å². The second-order valence-corrected chi connectivity index (χ2v) is 8.17. The Morgan fingerprint density at radius 3 is 2.75 bits per heavy atom. The Balaban J connectivity index is 2.17. The van der Waals surface area contributed by atoms with Crippen molar-refractivity contribution in [2.75, 3.05) is 13.7 Å². The van der Waals surface area contributed by atoms with Crippen LogP contribution in [0.15, 0.2) is 29.3 Å². The van der Waals surface area contributed by atoms with Crippen LogP contribution < -0.4 is 4.80 Å². The number of benzene rings is 1. The van der Waals surface area contributed by atoms with Gasteiger partial charge in [-0.1, -0.05) is 29.0 Å². The molecule has 0 aliphatic rings. The van der Waals surface area contributed by atoms with Crippen molar-refractivity contribution in [3.05, 3.63) is 49.4 Å². The fourth-order valence-corrected chi connectivity index (χ4v) is 4.60. The molecule has 126 valence electrons. The fourth-order valence-electron chi connectivity index (χ4n) is 2.57. The van der Waals surface area contributed by atoms with Crippen LogP contribution >= 0.6 is 34.3 Å². The van der Waals surface area contributed by atoms with Gasteiger partial charge in [0.2, 0.25) is 0 Å². The van der Waals surface area contributed by atoms with E-state index in [0.717, 1.165) is 10.2 Å². The summed E-state index contributed by atoms with van der Waals surface area (Å²) in [6, 6.07) is 7.69. The van der Waals surface area contributed by atoms with E-state index in [0.29, 0.717) is 27.2 Å². The van der Waals surface area contributed by atoms with Gasteiger partial charge in [-0.3, -0.25) is 4.79 Å². The molecule has 0 bridgehead atoms. The number of carbonyl (C=O) groups is 1. The Bertz CT molecular complexity index is 969. The number of amides is 1. The van der Waals surface area contributed by atoms with Crippen LogP contribution in [0.1, 0.15) is 20.8 Å². The Morgan fingerprint density at radius 1 is 1.29 bits per heavy atom. The summed E-state index contributed by atoms with van der Waals surface area (Å²) in [5, 5.41) is 0. The molecule has 3 rings (SSSR count). The summed E-state index contributed by atoms with van der Waals surface area (Å²) in [7, 11) is 1.67. The normalized spacial score (nSPS) is 12.2. The highest BCUT2D eigenvalue weighted by molar-refractivity contribution is 7.18. The van der Waals surface area contributed by atoms with Gasteiger partial charge in [-0.2, -0.15) is 4.99 Å². The quantitative estimate of drug-likeness (QED) is 0.672. The second-order valence-electron chi connectivity index (χ2n) is 5.48. The lowest BCUT2D eigenvalue weighted by atomic mass is 10.1. The van der Waals surface area contributed by atoms with Gasteiger partial charge >= 0.3 is 0 Å². The molecule has 0 aliphatic heterocycles. The third-order valence-corrected chi connectivity index (χ3v) is 6.06. The maximum Gasteiger partial charge on any atom is 0.289 e. The number of nitrogens with zero attached hydrogens (tertiary/aromatic N) is 2. The van der Waals surface area contributed by atoms with Crippen LogP contribution in [0, 0.1) is 13.8 Å². The van der Waals surface area contributed by atoms with Gasteiger partial charge in [-0.05, 0) is 43.2 Å². The van der Waals surface area contributed by atoms with Gasteiger partial charge < -0.3 is 9.30 Å². The van der Waals surface area contributed by atoms with Crippen LogP contribution in [0.4, 0.5) is 0 Å². The molecule has 1 amide bonds. The van der Waals surface area contributed by atoms with E-state index in [4.69, 9.17) is 16.3 Å². The molecule has 0 unspecified atom stereocenters. The molecule has 0 aliphatic carbocycles. The van der Waals surface area contributed by atoms with Crippen LogP contribution in [0.3, 0.4) is 0 Å². The molecule has 7 heteroatoms. The summed E-state index contributed by atoms with van der Waals surface area (Å²) in [6.45, 7) is 5.36. The summed E-state index contributed by atoms with van der Waals surface area (Å²) in [5.41, 5.74) is 3.46. The number of hydrogen-bond acceptors (Lipinski definition) is 4. The minimum atomic E-state index is -0.265. The van der Waals surface area contributed by atoms with E-state index >= 15 is 0 Å². The first-order valence-corrected chi connectivity index (χ1v) is 9.44. The third-order valence-electron chi connectivity index (χ3n) is 3.61.